The predicted octanol–water partition coefficient (Wildman–Crippen LogP) is 2.96. The van der Waals surface area contributed by atoms with Gasteiger partial charge in [-0.05, 0) is 42.5 Å². The number of benzene rings is 2. The van der Waals surface area contributed by atoms with Crippen molar-refractivity contribution in [3.63, 3.8) is 0 Å². The highest BCUT2D eigenvalue weighted by atomic mass is 35.5. The molecule has 3 rings (SSSR count). The van der Waals surface area contributed by atoms with Crippen molar-refractivity contribution in [2.24, 2.45) is 4.40 Å². The topological polar surface area (TPSA) is 77.7 Å². The molecule has 0 atom stereocenters. The van der Waals surface area contributed by atoms with E-state index in [1.165, 1.54) is 54.1 Å². The van der Waals surface area contributed by atoms with Gasteiger partial charge in [-0.25, -0.2) is 4.39 Å². The number of rotatable bonds is 4. The lowest BCUT2D eigenvalue weighted by molar-refractivity contribution is -0.141. The molecule has 0 bridgehead atoms. The number of halogens is 2. The Morgan fingerprint density at radius 3 is 2.62 bits per heavy atom. The van der Waals surface area contributed by atoms with Crippen molar-refractivity contribution < 1.29 is 22.3 Å². The van der Waals surface area contributed by atoms with Crippen molar-refractivity contribution >= 4 is 49.1 Å². The van der Waals surface area contributed by atoms with Gasteiger partial charge >= 0.3 is 5.97 Å². The molecule has 0 radical (unpaired) electrons. The fourth-order valence-corrected chi connectivity index (χ4v) is 4.61. The number of esters is 1. The SMILES string of the molecule is COC(=O)Cn1/c(=N/S(=O)(=O)c2ccc(Cl)cc2)sc2cc(F)ccc21. The van der Waals surface area contributed by atoms with Gasteiger partial charge in [0.05, 0.1) is 22.2 Å². The van der Waals surface area contributed by atoms with E-state index in [-0.39, 0.29) is 16.2 Å². The van der Waals surface area contributed by atoms with E-state index >= 15 is 0 Å². The number of carbonyl (C=O) groups is 1. The summed E-state index contributed by atoms with van der Waals surface area (Å²) in [4.78, 5) is 11.7. The molecule has 6 nitrogen and oxygen atoms in total. The Kier molecular flexibility index (Phi) is 5.12. The van der Waals surface area contributed by atoms with Crippen LogP contribution in [0.4, 0.5) is 4.39 Å². The molecular formula is C16H12ClFN2O4S2. The van der Waals surface area contributed by atoms with Gasteiger partial charge < -0.3 is 9.30 Å². The zero-order valence-electron chi connectivity index (χ0n) is 13.3. The lowest BCUT2D eigenvalue weighted by Crippen LogP contribution is -2.22. The number of ether oxygens (including phenoxy) is 1. The van der Waals surface area contributed by atoms with Gasteiger partial charge in [0, 0.05) is 5.02 Å². The largest absolute Gasteiger partial charge is 0.468 e. The molecule has 0 saturated carbocycles. The van der Waals surface area contributed by atoms with Crippen LogP contribution in [0.2, 0.25) is 5.02 Å². The summed E-state index contributed by atoms with van der Waals surface area (Å²) in [6, 6.07) is 9.47. The van der Waals surface area contributed by atoms with Crippen LogP contribution in [-0.2, 0) is 26.1 Å². The van der Waals surface area contributed by atoms with Crippen molar-refractivity contribution in [2.75, 3.05) is 7.11 Å². The van der Waals surface area contributed by atoms with Gasteiger partial charge in [-0.2, -0.15) is 8.42 Å². The first kappa shape index (κ1) is 18.6. The van der Waals surface area contributed by atoms with E-state index in [2.05, 4.69) is 9.13 Å². The standard InChI is InChI=1S/C16H12ClFN2O4S2/c1-24-15(21)9-20-13-7-4-11(18)8-14(13)25-16(20)19-26(22,23)12-5-2-10(17)3-6-12/h2-8H,9H2,1H3/b19-16-. The smallest absolute Gasteiger partial charge is 0.325 e. The first-order valence-electron chi connectivity index (χ1n) is 7.22. The molecule has 10 heteroatoms. The summed E-state index contributed by atoms with van der Waals surface area (Å²) in [7, 11) is -2.82. The number of aromatic nitrogens is 1. The molecule has 136 valence electrons. The molecule has 1 heterocycles. The number of fused-ring (bicyclic) bond motifs is 1. The van der Waals surface area contributed by atoms with Crippen LogP contribution in [0, 0.1) is 5.82 Å². The summed E-state index contributed by atoms with van der Waals surface area (Å²) in [5.41, 5.74) is 0.479. The fraction of sp³-hybridized carbons (Fsp3) is 0.125. The molecule has 0 saturated heterocycles. The summed E-state index contributed by atoms with van der Waals surface area (Å²) in [6.45, 7) is -0.253. The van der Waals surface area contributed by atoms with Gasteiger partial charge in [0.15, 0.2) is 0 Å². The van der Waals surface area contributed by atoms with Crippen LogP contribution >= 0.6 is 22.9 Å². The lowest BCUT2D eigenvalue weighted by atomic mass is 10.3. The zero-order chi connectivity index (χ0) is 18.9. The third-order valence-corrected chi connectivity index (χ3v) is 6.16. The average molecular weight is 415 g/mol. The summed E-state index contributed by atoms with van der Waals surface area (Å²) >= 11 is 6.73. The third kappa shape index (κ3) is 3.79. The second-order valence-corrected chi connectivity index (χ2v) is 8.23. The average Bonchev–Trinajstić information content (AvgIpc) is 2.90. The molecule has 0 N–H and O–H groups in total. The fourth-order valence-electron chi connectivity index (χ4n) is 2.23. The van der Waals surface area contributed by atoms with E-state index in [1.807, 2.05) is 0 Å². The van der Waals surface area contributed by atoms with Gasteiger partial charge in [-0.3, -0.25) is 4.79 Å². The molecule has 0 aliphatic carbocycles. The van der Waals surface area contributed by atoms with E-state index in [0.717, 1.165) is 11.3 Å². The third-order valence-electron chi connectivity index (χ3n) is 3.47. The highest BCUT2D eigenvalue weighted by Crippen LogP contribution is 2.20. The summed E-state index contributed by atoms with van der Waals surface area (Å²) in [5, 5.41) is 0.391. The van der Waals surface area contributed by atoms with E-state index in [0.29, 0.717) is 15.2 Å². The van der Waals surface area contributed by atoms with Crippen LogP contribution in [0.15, 0.2) is 51.8 Å². The normalized spacial score (nSPS) is 12.5. The number of carbonyl (C=O) groups excluding carboxylic acids is 1. The van der Waals surface area contributed by atoms with Crippen molar-refractivity contribution in [3.05, 3.63) is 58.1 Å². The molecule has 0 spiro atoms. The lowest BCUT2D eigenvalue weighted by Gasteiger charge is -2.04. The Labute approximate surface area is 157 Å². The van der Waals surface area contributed by atoms with Crippen molar-refractivity contribution in [2.45, 2.75) is 11.4 Å². The van der Waals surface area contributed by atoms with E-state index in [9.17, 15) is 17.6 Å². The number of sulfonamides is 1. The maximum Gasteiger partial charge on any atom is 0.325 e. The van der Waals surface area contributed by atoms with Gasteiger partial charge in [-0.15, -0.1) is 4.40 Å². The molecule has 0 aliphatic rings. The number of hydrogen-bond donors (Lipinski definition) is 0. The van der Waals surface area contributed by atoms with Crippen LogP contribution in [-0.4, -0.2) is 26.1 Å². The minimum atomic E-state index is -4.04. The number of hydrogen-bond acceptors (Lipinski definition) is 5. The molecule has 1 aromatic heterocycles. The number of nitrogens with zero attached hydrogens (tertiary/aromatic N) is 2. The zero-order valence-corrected chi connectivity index (χ0v) is 15.7. The molecule has 0 aliphatic heterocycles. The maximum absolute atomic E-state index is 13.5. The quantitative estimate of drug-likeness (QED) is 0.615. The Bertz CT molecular complexity index is 1150. The van der Waals surface area contributed by atoms with Crippen LogP contribution < -0.4 is 4.80 Å². The Morgan fingerprint density at radius 1 is 1.27 bits per heavy atom. The van der Waals surface area contributed by atoms with E-state index < -0.39 is 21.8 Å². The minimum Gasteiger partial charge on any atom is -0.468 e. The number of thiazole rings is 1. The Hall–Kier alpha value is -2.23. The van der Waals surface area contributed by atoms with Gasteiger partial charge in [0.25, 0.3) is 10.0 Å². The van der Waals surface area contributed by atoms with Crippen molar-refractivity contribution in [1.29, 1.82) is 0 Å². The summed E-state index contributed by atoms with van der Waals surface area (Å²) < 4.78 is 48.9. The summed E-state index contributed by atoms with van der Waals surface area (Å²) in [6.07, 6.45) is 0. The highest BCUT2D eigenvalue weighted by Gasteiger charge is 2.16. The second-order valence-electron chi connectivity index (χ2n) is 5.18. The van der Waals surface area contributed by atoms with Gasteiger partial charge in [0.2, 0.25) is 4.80 Å². The molecule has 0 unspecified atom stereocenters. The first-order valence-corrected chi connectivity index (χ1v) is 9.86. The van der Waals surface area contributed by atoms with Crippen LogP contribution in [0.3, 0.4) is 0 Å². The Morgan fingerprint density at radius 2 is 1.96 bits per heavy atom. The van der Waals surface area contributed by atoms with Gasteiger partial charge in [-0.1, -0.05) is 22.9 Å². The number of methoxy groups -OCH3 is 1. The minimum absolute atomic E-state index is 0.0333. The monoisotopic (exact) mass is 414 g/mol. The predicted molar refractivity (Wildman–Crippen MR) is 96.0 cm³/mol. The summed E-state index contributed by atoms with van der Waals surface area (Å²) in [5.74, 6) is -1.06. The second kappa shape index (κ2) is 7.18. The van der Waals surface area contributed by atoms with Crippen molar-refractivity contribution in [1.82, 2.24) is 4.57 Å². The molecular weight excluding hydrogens is 403 g/mol. The first-order chi connectivity index (χ1) is 12.3. The van der Waals surface area contributed by atoms with Gasteiger partial charge in [0.1, 0.15) is 12.4 Å². The molecule has 0 amide bonds. The maximum atomic E-state index is 13.5. The van der Waals surface area contributed by atoms with E-state index in [1.54, 1.807) is 0 Å². The molecule has 3 aromatic rings. The molecule has 2 aromatic carbocycles. The molecule has 0 fully saturated rings. The highest BCUT2D eigenvalue weighted by molar-refractivity contribution is 7.90. The van der Waals surface area contributed by atoms with Crippen LogP contribution in [0.5, 0.6) is 0 Å². The van der Waals surface area contributed by atoms with Crippen LogP contribution in [0.1, 0.15) is 0 Å². The van der Waals surface area contributed by atoms with Crippen molar-refractivity contribution in [3.8, 4) is 0 Å². The van der Waals surface area contributed by atoms with E-state index in [4.69, 9.17) is 11.6 Å². The Balaban J connectivity index is 2.22. The van der Waals surface area contributed by atoms with Crippen LogP contribution in [0.25, 0.3) is 10.2 Å². The molecule has 26 heavy (non-hydrogen) atoms.